The molecule has 5 heteroatoms. The van der Waals surface area contributed by atoms with E-state index < -0.39 is 12.3 Å². The summed E-state index contributed by atoms with van der Waals surface area (Å²) in [5, 5.41) is 8.74. The number of halogens is 4. The second kappa shape index (κ2) is 3.55. The van der Waals surface area contributed by atoms with Crippen LogP contribution in [-0.4, -0.2) is 11.3 Å². The largest absolute Gasteiger partial charge is 0.418 e. The molecule has 0 saturated carbocycles. The van der Waals surface area contributed by atoms with E-state index in [0.717, 1.165) is 6.07 Å². The first-order valence-corrected chi connectivity index (χ1v) is 3.80. The van der Waals surface area contributed by atoms with E-state index in [1.807, 2.05) is 0 Å². The number of hydrogen-bond acceptors (Lipinski definition) is 1. The minimum atomic E-state index is -4.68. The number of benzene rings is 1. The van der Waals surface area contributed by atoms with Crippen molar-refractivity contribution in [2.45, 2.75) is 12.3 Å². The number of aliphatic hydroxyl groups is 1. The van der Waals surface area contributed by atoms with Crippen LogP contribution in [0, 0.1) is 0 Å². The summed E-state index contributed by atoms with van der Waals surface area (Å²) in [6.07, 6.45) is -7.19. The summed E-state index contributed by atoms with van der Waals surface area (Å²) < 4.78 is 36.0. The maximum absolute atomic E-state index is 12.0. The molecule has 72 valence electrons. The molecule has 0 radical (unpaired) electrons. The third kappa shape index (κ3) is 2.35. The first-order valence-electron chi connectivity index (χ1n) is 3.42. The van der Waals surface area contributed by atoms with Crippen LogP contribution in [0.4, 0.5) is 13.2 Å². The van der Waals surface area contributed by atoms with E-state index in [9.17, 15) is 13.2 Å². The number of hydrogen-bond donors (Lipinski definition) is 1. The predicted molar refractivity (Wildman–Crippen MR) is 42.5 cm³/mol. The van der Waals surface area contributed by atoms with Crippen molar-refractivity contribution < 1.29 is 18.3 Å². The predicted octanol–water partition coefficient (Wildman–Crippen LogP) is 2.94. The fourth-order valence-electron chi connectivity index (χ4n) is 0.873. The van der Waals surface area contributed by atoms with Crippen molar-refractivity contribution in [3.05, 3.63) is 34.9 Å². The molecule has 0 fully saturated rings. The highest BCUT2D eigenvalue weighted by Gasteiger charge is 2.40. The zero-order valence-corrected chi connectivity index (χ0v) is 7.10. The molecule has 0 heterocycles. The quantitative estimate of drug-likeness (QED) is 0.756. The van der Waals surface area contributed by atoms with Gasteiger partial charge in [0.15, 0.2) is 6.10 Å². The normalized spacial score (nSPS) is 14.2. The fraction of sp³-hybridized carbons (Fsp3) is 0.250. The Morgan fingerprint density at radius 3 is 2.23 bits per heavy atom. The van der Waals surface area contributed by atoms with Crippen LogP contribution < -0.4 is 0 Å². The van der Waals surface area contributed by atoms with Crippen LogP contribution in [0.3, 0.4) is 0 Å². The molecular formula is C8H6ClF3O. The Morgan fingerprint density at radius 1 is 1.23 bits per heavy atom. The molecule has 13 heavy (non-hydrogen) atoms. The SMILES string of the molecule is OC(c1ccccc1Cl)C(F)(F)F. The zero-order chi connectivity index (χ0) is 10.1. The number of aliphatic hydroxyl groups excluding tert-OH is 1. The summed E-state index contributed by atoms with van der Waals surface area (Å²) in [6.45, 7) is 0. The summed E-state index contributed by atoms with van der Waals surface area (Å²) >= 11 is 5.47. The topological polar surface area (TPSA) is 20.2 Å². The van der Waals surface area contributed by atoms with Crippen molar-refractivity contribution in [2.24, 2.45) is 0 Å². The molecule has 0 bridgehead atoms. The van der Waals surface area contributed by atoms with Gasteiger partial charge in [0.2, 0.25) is 0 Å². The van der Waals surface area contributed by atoms with Crippen LogP contribution in [0.1, 0.15) is 11.7 Å². The molecule has 0 aliphatic carbocycles. The van der Waals surface area contributed by atoms with Crippen molar-refractivity contribution in [3.8, 4) is 0 Å². The minimum Gasteiger partial charge on any atom is -0.379 e. The third-order valence-corrected chi connectivity index (χ3v) is 1.85. The summed E-state index contributed by atoms with van der Waals surface area (Å²) in [5.41, 5.74) is -0.323. The van der Waals surface area contributed by atoms with Crippen LogP contribution in [0.5, 0.6) is 0 Å². The lowest BCUT2D eigenvalue weighted by Crippen LogP contribution is -2.20. The van der Waals surface area contributed by atoms with Crippen LogP contribution in [0.15, 0.2) is 24.3 Å². The zero-order valence-electron chi connectivity index (χ0n) is 6.35. The van der Waals surface area contributed by atoms with Crippen molar-refractivity contribution >= 4 is 11.6 Å². The van der Waals surface area contributed by atoms with Gasteiger partial charge in [0.25, 0.3) is 0 Å². The molecule has 0 aliphatic heterocycles. The van der Waals surface area contributed by atoms with E-state index in [4.69, 9.17) is 16.7 Å². The number of alkyl halides is 3. The molecule has 0 saturated heterocycles. The molecule has 0 aliphatic rings. The Balaban J connectivity index is 3.02. The van der Waals surface area contributed by atoms with E-state index in [-0.39, 0.29) is 10.6 Å². The summed E-state index contributed by atoms with van der Waals surface area (Å²) in [5.74, 6) is 0. The maximum Gasteiger partial charge on any atom is 0.418 e. The van der Waals surface area contributed by atoms with Gasteiger partial charge in [-0.15, -0.1) is 0 Å². The molecule has 1 N–H and O–H groups in total. The average molecular weight is 211 g/mol. The highest BCUT2D eigenvalue weighted by atomic mass is 35.5. The third-order valence-electron chi connectivity index (χ3n) is 1.51. The maximum atomic E-state index is 12.0. The molecule has 0 amide bonds. The molecular weight excluding hydrogens is 205 g/mol. The van der Waals surface area contributed by atoms with E-state index in [0.29, 0.717) is 0 Å². The molecule has 0 aromatic heterocycles. The fourth-order valence-corrected chi connectivity index (χ4v) is 1.11. The van der Waals surface area contributed by atoms with Gasteiger partial charge in [-0.1, -0.05) is 29.8 Å². The van der Waals surface area contributed by atoms with E-state index in [1.165, 1.54) is 18.2 Å². The molecule has 1 aromatic carbocycles. The van der Waals surface area contributed by atoms with E-state index in [2.05, 4.69) is 0 Å². The lowest BCUT2D eigenvalue weighted by atomic mass is 10.1. The monoisotopic (exact) mass is 210 g/mol. The molecule has 1 unspecified atom stereocenters. The van der Waals surface area contributed by atoms with Gasteiger partial charge in [0.05, 0.1) is 0 Å². The smallest absolute Gasteiger partial charge is 0.379 e. The second-order valence-corrected chi connectivity index (χ2v) is 2.87. The Kier molecular flexibility index (Phi) is 2.83. The van der Waals surface area contributed by atoms with Crippen LogP contribution in [0.2, 0.25) is 5.02 Å². The Hall–Kier alpha value is -0.740. The second-order valence-electron chi connectivity index (χ2n) is 2.47. The van der Waals surface area contributed by atoms with Crippen molar-refractivity contribution in [2.75, 3.05) is 0 Å². The van der Waals surface area contributed by atoms with Gasteiger partial charge in [-0.2, -0.15) is 13.2 Å². The van der Waals surface area contributed by atoms with Crippen molar-refractivity contribution in [1.82, 2.24) is 0 Å². The summed E-state index contributed by atoms with van der Waals surface area (Å²) in [7, 11) is 0. The van der Waals surface area contributed by atoms with Crippen molar-refractivity contribution in [1.29, 1.82) is 0 Å². The van der Waals surface area contributed by atoms with Gasteiger partial charge in [-0.05, 0) is 6.07 Å². The first-order chi connectivity index (χ1) is 5.93. The van der Waals surface area contributed by atoms with Gasteiger partial charge in [-0.3, -0.25) is 0 Å². The van der Waals surface area contributed by atoms with Gasteiger partial charge in [0, 0.05) is 10.6 Å². The van der Waals surface area contributed by atoms with Crippen LogP contribution in [0.25, 0.3) is 0 Å². The van der Waals surface area contributed by atoms with Gasteiger partial charge in [-0.25, -0.2) is 0 Å². The Bertz CT molecular complexity index is 298. The van der Waals surface area contributed by atoms with Crippen molar-refractivity contribution in [3.63, 3.8) is 0 Å². The average Bonchev–Trinajstić information content (AvgIpc) is 2.02. The van der Waals surface area contributed by atoms with E-state index in [1.54, 1.807) is 0 Å². The lowest BCUT2D eigenvalue weighted by molar-refractivity contribution is -0.206. The molecule has 1 rings (SSSR count). The number of rotatable bonds is 1. The molecule has 1 atom stereocenters. The minimum absolute atomic E-state index is 0.0904. The van der Waals surface area contributed by atoms with Gasteiger partial charge in [0.1, 0.15) is 0 Å². The lowest BCUT2D eigenvalue weighted by Gasteiger charge is -2.15. The highest BCUT2D eigenvalue weighted by molar-refractivity contribution is 6.31. The van der Waals surface area contributed by atoms with Gasteiger partial charge >= 0.3 is 6.18 Å². The van der Waals surface area contributed by atoms with E-state index >= 15 is 0 Å². The molecule has 1 aromatic rings. The Morgan fingerprint density at radius 2 is 1.77 bits per heavy atom. The summed E-state index contributed by atoms with van der Waals surface area (Å²) in [6, 6.07) is 5.32. The molecule has 0 spiro atoms. The van der Waals surface area contributed by atoms with Crippen LogP contribution in [-0.2, 0) is 0 Å². The summed E-state index contributed by atoms with van der Waals surface area (Å²) in [4.78, 5) is 0. The molecule has 1 nitrogen and oxygen atoms in total. The van der Waals surface area contributed by atoms with Gasteiger partial charge < -0.3 is 5.11 Å². The Labute approximate surface area is 77.8 Å². The standard InChI is InChI=1S/C8H6ClF3O/c9-6-4-2-1-3-5(6)7(13)8(10,11)12/h1-4,7,13H. The van der Waals surface area contributed by atoms with Crippen LogP contribution >= 0.6 is 11.6 Å². The first kappa shape index (κ1) is 10.3. The highest BCUT2D eigenvalue weighted by Crippen LogP contribution is 2.35.